The van der Waals surface area contributed by atoms with E-state index in [9.17, 15) is 9.18 Å². The van der Waals surface area contributed by atoms with Crippen LogP contribution in [0, 0.1) is 5.82 Å². The number of nitrogens with one attached hydrogen (secondary N) is 1. The predicted molar refractivity (Wildman–Crippen MR) is 79.5 cm³/mol. The van der Waals surface area contributed by atoms with Gasteiger partial charge in [-0.05, 0) is 33.3 Å². The number of nitrogens with zero attached hydrogens (tertiary/aromatic N) is 1. The molecule has 0 aliphatic carbocycles. The Morgan fingerprint density at radius 1 is 1.43 bits per heavy atom. The fourth-order valence-corrected chi connectivity index (χ4v) is 2.44. The van der Waals surface area contributed by atoms with Crippen molar-refractivity contribution in [3.05, 3.63) is 35.6 Å². The molecule has 1 N–H and O–H groups in total. The highest BCUT2D eigenvalue weighted by Crippen LogP contribution is 2.16. The number of carbonyl (C=O) groups excluding carboxylic acids is 1. The Balaban J connectivity index is 1.81. The molecule has 0 spiro atoms. The van der Waals surface area contributed by atoms with Crippen LogP contribution in [-0.4, -0.2) is 35.7 Å². The Morgan fingerprint density at radius 2 is 2.14 bits per heavy atom. The molecule has 116 valence electrons. The molecular formula is C16H23FN2O2. The highest BCUT2D eigenvalue weighted by Gasteiger charge is 2.26. The summed E-state index contributed by atoms with van der Waals surface area (Å²) in [6, 6.07) is 6.86. The fraction of sp³-hybridized carbons (Fsp3) is 0.562. The number of amides is 1. The molecule has 1 amide bonds. The lowest BCUT2D eigenvalue weighted by Crippen LogP contribution is -2.40. The van der Waals surface area contributed by atoms with Crippen LogP contribution in [0.3, 0.4) is 0 Å². The van der Waals surface area contributed by atoms with Gasteiger partial charge in [-0.1, -0.05) is 18.2 Å². The standard InChI is InChI=1S/C16H23FN2O2/c1-16(2,3)21-15(20)18-13-8-9-19(11-13)10-12-6-4-5-7-14(12)17/h4-7,13H,8-11H2,1-3H3,(H,18,20). The van der Waals surface area contributed by atoms with Gasteiger partial charge in [-0.25, -0.2) is 9.18 Å². The minimum Gasteiger partial charge on any atom is -0.444 e. The second kappa shape index (κ2) is 6.43. The van der Waals surface area contributed by atoms with E-state index in [0.29, 0.717) is 18.7 Å². The predicted octanol–water partition coefficient (Wildman–Crippen LogP) is 2.92. The van der Waals surface area contributed by atoms with Crippen LogP contribution in [0.4, 0.5) is 9.18 Å². The Bertz CT molecular complexity index is 499. The zero-order valence-electron chi connectivity index (χ0n) is 12.9. The van der Waals surface area contributed by atoms with Gasteiger partial charge in [-0.15, -0.1) is 0 Å². The largest absolute Gasteiger partial charge is 0.444 e. The minimum atomic E-state index is -0.491. The smallest absolute Gasteiger partial charge is 0.407 e. The molecule has 1 heterocycles. The van der Waals surface area contributed by atoms with E-state index in [0.717, 1.165) is 13.0 Å². The van der Waals surface area contributed by atoms with Crippen molar-refractivity contribution in [2.24, 2.45) is 0 Å². The molecule has 1 aromatic carbocycles. The molecule has 2 rings (SSSR count). The number of halogens is 1. The van der Waals surface area contributed by atoms with Crippen molar-refractivity contribution in [2.75, 3.05) is 13.1 Å². The number of hydrogen-bond acceptors (Lipinski definition) is 3. The summed E-state index contributed by atoms with van der Waals surface area (Å²) in [6.07, 6.45) is 0.466. The van der Waals surface area contributed by atoms with E-state index in [1.807, 2.05) is 26.8 Å². The van der Waals surface area contributed by atoms with Crippen molar-refractivity contribution in [3.63, 3.8) is 0 Å². The van der Waals surface area contributed by atoms with Gasteiger partial charge in [0.15, 0.2) is 0 Å². The van der Waals surface area contributed by atoms with Crippen LogP contribution in [0.15, 0.2) is 24.3 Å². The van der Waals surface area contributed by atoms with Crippen molar-refractivity contribution >= 4 is 6.09 Å². The monoisotopic (exact) mass is 294 g/mol. The Hall–Kier alpha value is -1.62. The second-order valence-electron chi connectivity index (χ2n) is 6.46. The van der Waals surface area contributed by atoms with Crippen LogP contribution in [0.5, 0.6) is 0 Å². The molecule has 1 atom stereocenters. The molecule has 1 fully saturated rings. The van der Waals surface area contributed by atoms with Crippen molar-refractivity contribution < 1.29 is 13.9 Å². The third-order valence-corrected chi connectivity index (χ3v) is 3.35. The van der Waals surface area contributed by atoms with Crippen LogP contribution in [0.2, 0.25) is 0 Å². The maximum atomic E-state index is 13.6. The fourth-order valence-electron chi connectivity index (χ4n) is 2.44. The van der Waals surface area contributed by atoms with E-state index in [2.05, 4.69) is 10.2 Å². The van der Waals surface area contributed by atoms with Crippen molar-refractivity contribution in [2.45, 2.75) is 45.4 Å². The van der Waals surface area contributed by atoms with E-state index < -0.39 is 5.60 Å². The van der Waals surface area contributed by atoms with Gasteiger partial charge in [0.05, 0.1) is 0 Å². The summed E-state index contributed by atoms with van der Waals surface area (Å²) in [6.45, 7) is 7.64. The van der Waals surface area contributed by atoms with E-state index >= 15 is 0 Å². The molecule has 1 saturated heterocycles. The maximum absolute atomic E-state index is 13.6. The van der Waals surface area contributed by atoms with Gasteiger partial charge < -0.3 is 10.1 Å². The van der Waals surface area contributed by atoms with Crippen LogP contribution < -0.4 is 5.32 Å². The van der Waals surface area contributed by atoms with Crippen LogP contribution in [0.25, 0.3) is 0 Å². The summed E-state index contributed by atoms with van der Waals surface area (Å²) in [5, 5.41) is 2.87. The van der Waals surface area contributed by atoms with Gasteiger partial charge in [-0.2, -0.15) is 0 Å². The summed E-state index contributed by atoms with van der Waals surface area (Å²) in [5.74, 6) is -0.180. The van der Waals surface area contributed by atoms with Crippen LogP contribution in [0.1, 0.15) is 32.8 Å². The van der Waals surface area contributed by atoms with Crippen molar-refractivity contribution in [3.8, 4) is 0 Å². The molecule has 21 heavy (non-hydrogen) atoms. The molecule has 1 aromatic rings. The van der Waals surface area contributed by atoms with Gasteiger partial charge >= 0.3 is 6.09 Å². The summed E-state index contributed by atoms with van der Waals surface area (Å²) in [7, 11) is 0. The number of rotatable bonds is 3. The van der Waals surface area contributed by atoms with Gasteiger partial charge in [0, 0.05) is 31.2 Å². The highest BCUT2D eigenvalue weighted by atomic mass is 19.1. The number of benzene rings is 1. The van der Waals surface area contributed by atoms with Gasteiger partial charge in [0.2, 0.25) is 0 Å². The zero-order chi connectivity index (χ0) is 15.5. The summed E-state index contributed by atoms with van der Waals surface area (Å²) >= 11 is 0. The van der Waals surface area contributed by atoms with Gasteiger partial charge in [0.25, 0.3) is 0 Å². The number of alkyl carbamates (subject to hydrolysis) is 1. The first-order valence-corrected chi connectivity index (χ1v) is 7.29. The van der Waals surface area contributed by atoms with Gasteiger partial charge in [-0.3, -0.25) is 4.90 Å². The van der Waals surface area contributed by atoms with Crippen LogP contribution in [-0.2, 0) is 11.3 Å². The van der Waals surface area contributed by atoms with E-state index in [-0.39, 0.29) is 18.0 Å². The number of carbonyl (C=O) groups is 1. The van der Waals surface area contributed by atoms with E-state index in [1.54, 1.807) is 12.1 Å². The van der Waals surface area contributed by atoms with Crippen molar-refractivity contribution in [1.29, 1.82) is 0 Å². The van der Waals surface area contributed by atoms with Crippen LogP contribution >= 0.6 is 0 Å². The molecule has 1 aliphatic heterocycles. The zero-order valence-corrected chi connectivity index (χ0v) is 12.9. The lowest BCUT2D eigenvalue weighted by atomic mass is 10.2. The van der Waals surface area contributed by atoms with E-state index in [4.69, 9.17) is 4.74 Å². The lowest BCUT2D eigenvalue weighted by Gasteiger charge is -2.22. The highest BCUT2D eigenvalue weighted by molar-refractivity contribution is 5.68. The minimum absolute atomic E-state index is 0.0617. The average molecular weight is 294 g/mol. The second-order valence-corrected chi connectivity index (χ2v) is 6.46. The molecule has 4 nitrogen and oxygen atoms in total. The first kappa shape index (κ1) is 15.8. The first-order valence-electron chi connectivity index (χ1n) is 7.29. The number of ether oxygens (including phenoxy) is 1. The van der Waals surface area contributed by atoms with E-state index in [1.165, 1.54) is 6.07 Å². The maximum Gasteiger partial charge on any atom is 0.407 e. The quantitative estimate of drug-likeness (QED) is 0.932. The average Bonchev–Trinajstić information content (AvgIpc) is 2.77. The molecule has 1 aliphatic rings. The number of likely N-dealkylation sites (tertiary alicyclic amines) is 1. The molecule has 0 saturated carbocycles. The third-order valence-electron chi connectivity index (χ3n) is 3.35. The first-order chi connectivity index (χ1) is 9.83. The topological polar surface area (TPSA) is 41.6 Å². The summed E-state index contributed by atoms with van der Waals surface area (Å²) < 4.78 is 18.9. The molecular weight excluding hydrogens is 271 g/mol. The van der Waals surface area contributed by atoms with Crippen molar-refractivity contribution in [1.82, 2.24) is 10.2 Å². The SMILES string of the molecule is CC(C)(C)OC(=O)NC1CCN(Cc2ccccc2F)C1. The lowest BCUT2D eigenvalue weighted by molar-refractivity contribution is 0.0505. The normalized spacial score (nSPS) is 19.5. The molecule has 1 unspecified atom stereocenters. The summed E-state index contributed by atoms with van der Waals surface area (Å²) in [5.41, 5.74) is 0.200. The van der Waals surface area contributed by atoms with Gasteiger partial charge in [0.1, 0.15) is 11.4 Å². The Morgan fingerprint density at radius 3 is 2.81 bits per heavy atom. The number of hydrogen-bond donors (Lipinski definition) is 1. The third kappa shape index (κ3) is 5.01. The Kier molecular flexibility index (Phi) is 4.83. The molecule has 0 bridgehead atoms. The molecule has 0 aromatic heterocycles. The molecule has 0 radical (unpaired) electrons. The molecule has 5 heteroatoms. The summed E-state index contributed by atoms with van der Waals surface area (Å²) in [4.78, 5) is 13.9. The Labute approximate surface area is 125 Å².